The summed E-state index contributed by atoms with van der Waals surface area (Å²) in [5.74, 6) is 2.42. The molecule has 1 heterocycles. The van der Waals surface area contributed by atoms with E-state index < -0.39 is 0 Å². The summed E-state index contributed by atoms with van der Waals surface area (Å²) >= 11 is 5.89. The van der Waals surface area contributed by atoms with Crippen molar-refractivity contribution < 1.29 is 19.0 Å². The first-order valence-corrected chi connectivity index (χ1v) is 10.5. The van der Waals surface area contributed by atoms with E-state index in [1.807, 2.05) is 47.2 Å². The van der Waals surface area contributed by atoms with Crippen LogP contribution in [-0.2, 0) is 4.79 Å². The molecule has 1 saturated heterocycles. The number of hydrogen-bond donors (Lipinski definition) is 0. The number of amides is 1. The number of methoxy groups -OCH3 is 2. The molecular weight excluding hydrogens is 404 g/mol. The number of likely N-dealkylation sites (N-methyl/N-ethyl adjacent to an activating group) is 1. The van der Waals surface area contributed by atoms with Crippen molar-refractivity contribution in [3.8, 4) is 17.2 Å². The Kier molecular flexibility index (Phi) is 7.82. The molecule has 1 amide bonds. The highest BCUT2D eigenvalue weighted by molar-refractivity contribution is 6.30. The first-order chi connectivity index (χ1) is 14.5. The van der Waals surface area contributed by atoms with Gasteiger partial charge in [0.25, 0.3) is 0 Å². The van der Waals surface area contributed by atoms with Crippen molar-refractivity contribution >= 4 is 17.5 Å². The Morgan fingerprint density at radius 1 is 1.13 bits per heavy atom. The number of hydrogen-bond acceptors (Lipinski definition) is 5. The van der Waals surface area contributed by atoms with Gasteiger partial charge in [-0.1, -0.05) is 11.6 Å². The maximum absolute atomic E-state index is 13.0. The van der Waals surface area contributed by atoms with E-state index in [0.29, 0.717) is 24.7 Å². The van der Waals surface area contributed by atoms with Gasteiger partial charge in [-0.05, 0) is 62.4 Å². The van der Waals surface area contributed by atoms with Crippen LogP contribution >= 0.6 is 11.6 Å². The summed E-state index contributed by atoms with van der Waals surface area (Å²) in [5, 5.41) is 0.679. The zero-order valence-corrected chi connectivity index (χ0v) is 18.5. The van der Waals surface area contributed by atoms with Crippen LogP contribution in [0.2, 0.25) is 5.02 Å². The highest BCUT2D eigenvalue weighted by Gasteiger charge is 2.32. The minimum atomic E-state index is 0.00117. The number of benzene rings is 2. The minimum absolute atomic E-state index is 0.00117. The van der Waals surface area contributed by atoms with Crippen LogP contribution in [0.15, 0.2) is 42.5 Å². The zero-order chi connectivity index (χ0) is 21.5. The normalized spacial score (nSPS) is 16.0. The molecule has 1 atom stereocenters. The molecule has 1 aliphatic rings. The molecule has 0 aromatic heterocycles. The monoisotopic (exact) mass is 432 g/mol. The third kappa shape index (κ3) is 5.58. The summed E-state index contributed by atoms with van der Waals surface area (Å²) < 4.78 is 16.6. The second kappa shape index (κ2) is 10.5. The molecule has 1 aliphatic heterocycles. The summed E-state index contributed by atoms with van der Waals surface area (Å²) in [6, 6.07) is 13.0. The predicted molar refractivity (Wildman–Crippen MR) is 118 cm³/mol. The second-order valence-electron chi connectivity index (χ2n) is 7.39. The molecule has 6 nitrogen and oxygen atoms in total. The molecule has 3 rings (SSSR count). The summed E-state index contributed by atoms with van der Waals surface area (Å²) in [7, 11) is 5.23. The van der Waals surface area contributed by atoms with Crippen LogP contribution in [0, 0.1) is 0 Å². The lowest BCUT2D eigenvalue weighted by Gasteiger charge is -2.28. The van der Waals surface area contributed by atoms with E-state index in [1.165, 1.54) is 0 Å². The van der Waals surface area contributed by atoms with Crippen LogP contribution < -0.4 is 14.2 Å². The Morgan fingerprint density at radius 3 is 2.57 bits per heavy atom. The van der Waals surface area contributed by atoms with Crippen molar-refractivity contribution in [2.75, 3.05) is 47.5 Å². The molecule has 30 heavy (non-hydrogen) atoms. The zero-order valence-electron chi connectivity index (χ0n) is 17.8. The van der Waals surface area contributed by atoms with Crippen molar-refractivity contribution in [1.29, 1.82) is 0 Å². The fraction of sp³-hybridized carbons (Fsp3) is 0.435. The summed E-state index contributed by atoms with van der Waals surface area (Å²) in [4.78, 5) is 17.0. The smallest absolute Gasteiger partial charge is 0.237 e. The minimum Gasteiger partial charge on any atom is -0.497 e. The lowest BCUT2D eigenvalue weighted by Crippen LogP contribution is -2.39. The Hall–Kier alpha value is -2.44. The van der Waals surface area contributed by atoms with E-state index >= 15 is 0 Å². The van der Waals surface area contributed by atoms with E-state index in [9.17, 15) is 4.79 Å². The van der Waals surface area contributed by atoms with Gasteiger partial charge in [-0.15, -0.1) is 0 Å². The quantitative estimate of drug-likeness (QED) is 0.598. The van der Waals surface area contributed by atoms with Crippen LogP contribution in [0.5, 0.6) is 17.2 Å². The average molecular weight is 433 g/mol. The van der Waals surface area contributed by atoms with Gasteiger partial charge in [-0.25, -0.2) is 0 Å². The van der Waals surface area contributed by atoms with Gasteiger partial charge in [0.2, 0.25) is 5.91 Å². The predicted octanol–water partition coefficient (Wildman–Crippen LogP) is 4.03. The van der Waals surface area contributed by atoms with Crippen LogP contribution in [0.3, 0.4) is 0 Å². The highest BCUT2D eigenvalue weighted by Crippen LogP contribution is 2.38. The molecular formula is C23H29ClN2O4. The number of ether oxygens (including phenoxy) is 3. The maximum atomic E-state index is 13.0. The number of nitrogens with zero attached hydrogens (tertiary/aromatic N) is 2. The molecule has 2 aromatic rings. The lowest BCUT2D eigenvalue weighted by atomic mass is 10.0. The van der Waals surface area contributed by atoms with Crippen molar-refractivity contribution in [1.82, 2.24) is 9.80 Å². The van der Waals surface area contributed by atoms with E-state index in [0.717, 1.165) is 42.2 Å². The van der Waals surface area contributed by atoms with Crippen LogP contribution in [0.25, 0.3) is 0 Å². The van der Waals surface area contributed by atoms with Gasteiger partial charge in [-0.2, -0.15) is 0 Å². The summed E-state index contributed by atoms with van der Waals surface area (Å²) in [6.45, 7) is 2.24. The van der Waals surface area contributed by atoms with E-state index in [2.05, 4.69) is 0 Å². The van der Waals surface area contributed by atoms with Crippen molar-refractivity contribution in [2.45, 2.75) is 18.9 Å². The van der Waals surface area contributed by atoms with Gasteiger partial charge in [0.15, 0.2) is 0 Å². The molecule has 1 fully saturated rings. The standard InChI is InChI=1S/C23H29ClN2O4/c1-25(13-14-30-18-8-6-17(24)7-9-18)16-23(27)26-12-4-5-21(26)20-15-19(28-2)10-11-22(20)29-3/h6-11,15,21H,4-5,12-14,16H2,1-3H3. The van der Waals surface area contributed by atoms with Gasteiger partial charge < -0.3 is 19.1 Å². The second-order valence-corrected chi connectivity index (χ2v) is 7.83. The lowest BCUT2D eigenvalue weighted by molar-refractivity contribution is -0.133. The van der Waals surface area contributed by atoms with Crippen molar-refractivity contribution in [3.05, 3.63) is 53.1 Å². The van der Waals surface area contributed by atoms with Gasteiger partial charge in [0.1, 0.15) is 23.9 Å². The molecule has 162 valence electrons. The van der Waals surface area contributed by atoms with Gasteiger partial charge >= 0.3 is 0 Å². The van der Waals surface area contributed by atoms with Gasteiger partial charge in [0.05, 0.1) is 26.8 Å². The number of likely N-dealkylation sites (tertiary alicyclic amines) is 1. The largest absolute Gasteiger partial charge is 0.497 e. The highest BCUT2D eigenvalue weighted by atomic mass is 35.5. The third-order valence-electron chi connectivity index (χ3n) is 5.33. The Balaban J connectivity index is 1.57. The number of rotatable bonds is 9. The fourth-order valence-electron chi connectivity index (χ4n) is 3.74. The average Bonchev–Trinajstić information content (AvgIpc) is 3.24. The molecule has 2 aromatic carbocycles. The first kappa shape index (κ1) is 22.2. The fourth-order valence-corrected chi connectivity index (χ4v) is 3.87. The third-order valence-corrected chi connectivity index (χ3v) is 5.58. The molecule has 0 radical (unpaired) electrons. The molecule has 0 saturated carbocycles. The van der Waals surface area contributed by atoms with Gasteiger partial charge in [0, 0.05) is 23.7 Å². The molecule has 7 heteroatoms. The van der Waals surface area contributed by atoms with Crippen molar-refractivity contribution in [2.24, 2.45) is 0 Å². The summed E-state index contributed by atoms with van der Waals surface area (Å²) in [5.41, 5.74) is 0.997. The number of carbonyl (C=O) groups is 1. The molecule has 0 bridgehead atoms. The van der Waals surface area contributed by atoms with E-state index in [4.69, 9.17) is 25.8 Å². The first-order valence-electron chi connectivity index (χ1n) is 10.1. The van der Waals surface area contributed by atoms with Crippen LogP contribution in [0.1, 0.15) is 24.4 Å². The van der Waals surface area contributed by atoms with E-state index in [-0.39, 0.29) is 11.9 Å². The molecule has 0 N–H and O–H groups in total. The molecule has 1 unspecified atom stereocenters. The van der Waals surface area contributed by atoms with Crippen LogP contribution in [0.4, 0.5) is 0 Å². The molecule has 0 aliphatic carbocycles. The summed E-state index contributed by atoms with van der Waals surface area (Å²) in [6.07, 6.45) is 1.89. The Bertz CT molecular complexity index is 844. The van der Waals surface area contributed by atoms with Gasteiger partial charge in [-0.3, -0.25) is 9.69 Å². The molecule has 0 spiro atoms. The SMILES string of the molecule is COc1ccc(OC)c(C2CCCN2C(=O)CN(C)CCOc2ccc(Cl)cc2)c1. The van der Waals surface area contributed by atoms with Crippen molar-refractivity contribution in [3.63, 3.8) is 0 Å². The van der Waals surface area contributed by atoms with Crippen LogP contribution in [-0.4, -0.2) is 63.2 Å². The maximum Gasteiger partial charge on any atom is 0.237 e. The number of halogens is 1. The van der Waals surface area contributed by atoms with E-state index in [1.54, 1.807) is 26.4 Å². The Labute approximate surface area is 183 Å². The Morgan fingerprint density at radius 2 is 1.87 bits per heavy atom. The number of carbonyl (C=O) groups excluding carboxylic acids is 1. The topological polar surface area (TPSA) is 51.2 Å².